The molecule has 0 saturated heterocycles. The van der Waals surface area contributed by atoms with Gasteiger partial charge in [0, 0.05) is 12.2 Å². The van der Waals surface area contributed by atoms with Crippen LogP contribution in [0.2, 0.25) is 5.02 Å². The fourth-order valence-electron chi connectivity index (χ4n) is 2.82. The fourth-order valence-corrected chi connectivity index (χ4v) is 4.04. The third-order valence-corrected chi connectivity index (χ3v) is 6.06. The van der Waals surface area contributed by atoms with Gasteiger partial charge in [0.1, 0.15) is 12.0 Å². The minimum atomic E-state index is -3.85. The Bertz CT molecular complexity index is 1120. The van der Waals surface area contributed by atoms with Gasteiger partial charge in [0.2, 0.25) is 0 Å². The summed E-state index contributed by atoms with van der Waals surface area (Å²) in [6, 6.07) is 8.42. The smallest absolute Gasteiger partial charge is 0.261 e. The Morgan fingerprint density at radius 2 is 1.79 bits per heavy atom. The lowest BCUT2D eigenvalue weighted by Crippen LogP contribution is -2.16. The standard InChI is InChI=1S/C20H24ClN5O2S/c1-13(2)26-12-23-24-19(26)18-17(10-15(21)11-22-18)25-29(27,28)16-8-6-14(7-9-16)20(3,4)5/h6-13,25H,1-5H3. The molecule has 29 heavy (non-hydrogen) atoms. The highest BCUT2D eigenvalue weighted by Gasteiger charge is 2.22. The number of hydrogen-bond donors (Lipinski definition) is 1. The van der Waals surface area contributed by atoms with Gasteiger partial charge in [-0.2, -0.15) is 0 Å². The molecule has 2 heterocycles. The number of benzene rings is 1. The maximum Gasteiger partial charge on any atom is 0.261 e. The molecule has 0 radical (unpaired) electrons. The molecule has 0 atom stereocenters. The number of nitrogens with zero attached hydrogens (tertiary/aromatic N) is 4. The van der Waals surface area contributed by atoms with E-state index in [9.17, 15) is 8.42 Å². The lowest BCUT2D eigenvalue weighted by atomic mass is 9.87. The molecule has 3 rings (SSSR count). The van der Waals surface area contributed by atoms with Crippen LogP contribution in [-0.2, 0) is 15.4 Å². The van der Waals surface area contributed by atoms with Crippen molar-refractivity contribution in [2.75, 3.05) is 4.72 Å². The minimum Gasteiger partial charge on any atom is -0.310 e. The second-order valence-corrected chi connectivity index (χ2v) is 10.2. The van der Waals surface area contributed by atoms with Crippen LogP contribution in [0.1, 0.15) is 46.2 Å². The molecular weight excluding hydrogens is 410 g/mol. The molecule has 0 aliphatic carbocycles. The molecule has 1 N–H and O–H groups in total. The highest BCUT2D eigenvalue weighted by molar-refractivity contribution is 7.92. The molecule has 0 bridgehead atoms. The van der Waals surface area contributed by atoms with Crippen LogP contribution in [0, 0.1) is 0 Å². The number of rotatable bonds is 5. The molecule has 0 unspecified atom stereocenters. The zero-order valence-electron chi connectivity index (χ0n) is 17.0. The summed E-state index contributed by atoms with van der Waals surface area (Å²) in [5.74, 6) is 0.456. The molecule has 3 aromatic rings. The number of nitrogens with one attached hydrogen (secondary N) is 1. The van der Waals surface area contributed by atoms with E-state index in [2.05, 4.69) is 40.7 Å². The molecule has 9 heteroatoms. The molecule has 0 saturated carbocycles. The number of sulfonamides is 1. The number of aromatic nitrogens is 4. The minimum absolute atomic E-state index is 0.0688. The molecule has 7 nitrogen and oxygen atoms in total. The maximum absolute atomic E-state index is 13.0. The van der Waals surface area contributed by atoms with Gasteiger partial charge in [-0.1, -0.05) is 44.5 Å². The van der Waals surface area contributed by atoms with E-state index in [1.165, 1.54) is 12.3 Å². The highest BCUT2D eigenvalue weighted by atomic mass is 35.5. The molecular formula is C20H24ClN5O2S. The van der Waals surface area contributed by atoms with Crippen LogP contribution in [0.5, 0.6) is 0 Å². The lowest BCUT2D eigenvalue weighted by Gasteiger charge is -2.19. The first-order valence-electron chi connectivity index (χ1n) is 9.18. The molecule has 0 spiro atoms. The van der Waals surface area contributed by atoms with Crippen molar-refractivity contribution in [1.82, 2.24) is 19.7 Å². The average Bonchev–Trinajstić information content (AvgIpc) is 3.11. The van der Waals surface area contributed by atoms with E-state index < -0.39 is 10.0 Å². The van der Waals surface area contributed by atoms with Gasteiger partial charge in [0.15, 0.2) is 5.82 Å². The van der Waals surface area contributed by atoms with Gasteiger partial charge in [-0.3, -0.25) is 4.72 Å². The molecule has 0 fully saturated rings. The van der Waals surface area contributed by atoms with Crippen molar-refractivity contribution in [3.8, 4) is 11.5 Å². The summed E-state index contributed by atoms with van der Waals surface area (Å²) in [5, 5.41) is 8.36. The summed E-state index contributed by atoms with van der Waals surface area (Å²) in [7, 11) is -3.85. The van der Waals surface area contributed by atoms with Crippen molar-refractivity contribution >= 4 is 27.3 Å². The first-order chi connectivity index (χ1) is 13.5. The predicted molar refractivity (Wildman–Crippen MR) is 115 cm³/mol. The van der Waals surface area contributed by atoms with Crippen LogP contribution in [0.4, 0.5) is 5.69 Å². The van der Waals surface area contributed by atoms with E-state index >= 15 is 0 Å². The molecule has 2 aromatic heterocycles. The SMILES string of the molecule is CC(C)n1cnnc1-c1ncc(Cl)cc1NS(=O)(=O)c1ccc(C(C)(C)C)cc1. The van der Waals surface area contributed by atoms with E-state index in [1.54, 1.807) is 18.5 Å². The van der Waals surface area contributed by atoms with Crippen LogP contribution >= 0.6 is 11.6 Å². The first kappa shape index (κ1) is 21.3. The van der Waals surface area contributed by atoms with Gasteiger partial charge in [0.05, 0.1) is 15.6 Å². The summed E-state index contributed by atoms with van der Waals surface area (Å²) < 4.78 is 30.4. The Kier molecular flexibility index (Phi) is 5.69. The van der Waals surface area contributed by atoms with Gasteiger partial charge in [-0.05, 0) is 43.0 Å². The quantitative estimate of drug-likeness (QED) is 0.631. The zero-order chi connectivity index (χ0) is 21.4. The number of hydrogen-bond acceptors (Lipinski definition) is 5. The van der Waals surface area contributed by atoms with Crippen LogP contribution in [-0.4, -0.2) is 28.2 Å². The maximum atomic E-state index is 13.0. The summed E-state index contributed by atoms with van der Waals surface area (Å²) >= 11 is 6.09. The topological polar surface area (TPSA) is 89.8 Å². The normalized spacial score (nSPS) is 12.4. The van der Waals surface area contributed by atoms with E-state index in [1.807, 2.05) is 30.5 Å². The lowest BCUT2D eigenvalue weighted by molar-refractivity contribution is 0.587. The van der Waals surface area contributed by atoms with E-state index in [0.29, 0.717) is 16.5 Å². The molecule has 0 aliphatic rings. The van der Waals surface area contributed by atoms with Crippen molar-refractivity contribution in [2.45, 2.75) is 51.0 Å². The highest BCUT2D eigenvalue weighted by Crippen LogP contribution is 2.30. The van der Waals surface area contributed by atoms with Crippen molar-refractivity contribution < 1.29 is 8.42 Å². The monoisotopic (exact) mass is 433 g/mol. The van der Waals surface area contributed by atoms with E-state index in [4.69, 9.17) is 11.6 Å². The van der Waals surface area contributed by atoms with Crippen LogP contribution in [0.3, 0.4) is 0 Å². The van der Waals surface area contributed by atoms with Gasteiger partial charge in [-0.15, -0.1) is 10.2 Å². The summed E-state index contributed by atoms with van der Waals surface area (Å²) in [6.45, 7) is 10.2. The van der Waals surface area contributed by atoms with Crippen LogP contribution in [0.25, 0.3) is 11.5 Å². The van der Waals surface area contributed by atoms with Gasteiger partial charge in [0.25, 0.3) is 10.0 Å². The Morgan fingerprint density at radius 3 is 2.38 bits per heavy atom. The first-order valence-corrected chi connectivity index (χ1v) is 11.0. The Hall–Kier alpha value is -2.45. The Morgan fingerprint density at radius 1 is 1.14 bits per heavy atom. The van der Waals surface area contributed by atoms with Gasteiger partial charge >= 0.3 is 0 Å². The van der Waals surface area contributed by atoms with Crippen molar-refractivity contribution in [3.63, 3.8) is 0 Å². The number of halogens is 1. The van der Waals surface area contributed by atoms with Crippen LogP contribution in [0.15, 0.2) is 47.8 Å². The second kappa shape index (κ2) is 7.76. The van der Waals surface area contributed by atoms with Gasteiger partial charge in [-0.25, -0.2) is 13.4 Å². The fraction of sp³-hybridized carbons (Fsp3) is 0.350. The van der Waals surface area contributed by atoms with Crippen molar-refractivity contribution in [2.24, 2.45) is 0 Å². The Labute approximate surface area is 176 Å². The molecule has 154 valence electrons. The number of pyridine rings is 1. The second-order valence-electron chi connectivity index (χ2n) is 8.09. The third kappa shape index (κ3) is 4.59. The Balaban J connectivity index is 2.01. The molecule has 0 aliphatic heterocycles. The number of anilines is 1. The average molecular weight is 434 g/mol. The largest absolute Gasteiger partial charge is 0.310 e. The zero-order valence-corrected chi connectivity index (χ0v) is 18.6. The van der Waals surface area contributed by atoms with Gasteiger partial charge < -0.3 is 4.57 Å². The van der Waals surface area contributed by atoms with E-state index in [-0.39, 0.29) is 22.0 Å². The molecule has 1 aromatic carbocycles. The summed E-state index contributed by atoms with van der Waals surface area (Å²) in [6.07, 6.45) is 3.03. The van der Waals surface area contributed by atoms with Crippen LogP contribution < -0.4 is 4.72 Å². The predicted octanol–water partition coefficient (Wildman–Crippen LogP) is 4.67. The summed E-state index contributed by atoms with van der Waals surface area (Å²) in [4.78, 5) is 4.46. The van der Waals surface area contributed by atoms with Crippen molar-refractivity contribution in [3.05, 3.63) is 53.4 Å². The third-order valence-electron chi connectivity index (χ3n) is 4.47. The molecule has 0 amide bonds. The summed E-state index contributed by atoms with van der Waals surface area (Å²) in [5.41, 5.74) is 1.58. The van der Waals surface area contributed by atoms with Crippen molar-refractivity contribution in [1.29, 1.82) is 0 Å². The van der Waals surface area contributed by atoms with E-state index in [0.717, 1.165) is 5.56 Å².